The van der Waals surface area contributed by atoms with E-state index in [2.05, 4.69) is 17.0 Å². The molecule has 5 heteroatoms. The summed E-state index contributed by atoms with van der Waals surface area (Å²) in [6.45, 7) is 3.76. The number of benzene rings is 1. The van der Waals surface area contributed by atoms with Crippen LogP contribution in [0.3, 0.4) is 0 Å². The molecule has 5 aliphatic rings. The summed E-state index contributed by atoms with van der Waals surface area (Å²) in [5.74, 6) is 4.43. The van der Waals surface area contributed by atoms with Crippen molar-refractivity contribution in [2.75, 3.05) is 40.5 Å². The Balaban J connectivity index is 1.11. The number of aliphatic hydroxyl groups excluding tert-OH is 1. The summed E-state index contributed by atoms with van der Waals surface area (Å²) in [5, 5.41) is 10.6. The van der Waals surface area contributed by atoms with Crippen LogP contribution in [0.2, 0.25) is 0 Å². The second-order valence-corrected chi connectivity index (χ2v) is 10.5. The quantitative estimate of drug-likeness (QED) is 0.702. The fourth-order valence-electron chi connectivity index (χ4n) is 7.33. The number of rotatable bonds is 8. The van der Waals surface area contributed by atoms with Crippen LogP contribution in [0.15, 0.2) is 12.1 Å². The highest BCUT2D eigenvalue weighted by Crippen LogP contribution is 2.60. The van der Waals surface area contributed by atoms with Gasteiger partial charge in [0.05, 0.1) is 33.5 Å². The maximum absolute atomic E-state index is 10.6. The molecule has 1 unspecified atom stereocenters. The summed E-state index contributed by atoms with van der Waals surface area (Å²) in [6.07, 6.45) is 9.03. The van der Waals surface area contributed by atoms with Crippen molar-refractivity contribution in [1.29, 1.82) is 0 Å². The van der Waals surface area contributed by atoms with Crippen LogP contribution < -0.4 is 9.47 Å². The van der Waals surface area contributed by atoms with E-state index in [9.17, 15) is 5.11 Å². The molecule has 0 amide bonds. The van der Waals surface area contributed by atoms with Gasteiger partial charge in [0, 0.05) is 19.6 Å². The number of methoxy groups -OCH3 is 2. The molecule has 0 aromatic heterocycles. The lowest BCUT2D eigenvalue weighted by molar-refractivity contribution is -0.107. The fraction of sp³-hybridized carbons (Fsp3) is 0.760. The molecule has 1 aromatic carbocycles. The first-order chi connectivity index (χ1) is 14.6. The first kappa shape index (κ1) is 20.6. The number of hydrogen-bond donors (Lipinski definition) is 1. The summed E-state index contributed by atoms with van der Waals surface area (Å²) < 4.78 is 17.0. The predicted octanol–water partition coefficient (Wildman–Crippen LogP) is 3.66. The molecule has 0 radical (unpaired) electrons. The van der Waals surface area contributed by atoms with Crippen LogP contribution >= 0.6 is 0 Å². The summed E-state index contributed by atoms with van der Waals surface area (Å²) in [7, 11) is 3.36. The lowest BCUT2D eigenvalue weighted by atomic mass is 9.50. The van der Waals surface area contributed by atoms with Crippen molar-refractivity contribution in [1.82, 2.24) is 4.90 Å². The van der Waals surface area contributed by atoms with Gasteiger partial charge in [-0.2, -0.15) is 0 Å². The largest absolute Gasteiger partial charge is 0.493 e. The van der Waals surface area contributed by atoms with Crippen LogP contribution in [-0.4, -0.2) is 56.6 Å². The van der Waals surface area contributed by atoms with Gasteiger partial charge >= 0.3 is 0 Å². The van der Waals surface area contributed by atoms with Gasteiger partial charge in [-0.15, -0.1) is 0 Å². The highest BCUT2D eigenvalue weighted by molar-refractivity contribution is 5.48. The van der Waals surface area contributed by atoms with Crippen LogP contribution in [0.4, 0.5) is 0 Å². The van der Waals surface area contributed by atoms with E-state index in [0.29, 0.717) is 18.6 Å². The molecular formula is C25H37NO4. The average molecular weight is 416 g/mol. The van der Waals surface area contributed by atoms with E-state index in [1.54, 1.807) is 14.2 Å². The molecule has 4 aliphatic carbocycles. The Morgan fingerprint density at radius 1 is 1.00 bits per heavy atom. The molecule has 1 atom stereocenters. The molecule has 4 bridgehead atoms. The summed E-state index contributed by atoms with van der Waals surface area (Å²) >= 11 is 0. The van der Waals surface area contributed by atoms with Gasteiger partial charge in [0.15, 0.2) is 11.5 Å². The molecule has 0 spiro atoms. The van der Waals surface area contributed by atoms with E-state index < -0.39 is 6.10 Å². The van der Waals surface area contributed by atoms with Crippen molar-refractivity contribution in [3.63, 3.8) is 0 Å². The molecule has 4 saturated carbocycles. The molecule has 1 aliphatic heterocycles. The minimum absolute atomic E-state index is 0.425. The van der Waals surface area contributed by atoms with Crippen LogP contribution in [-0.2, 0) is 17.7 Å². The standard InChI is InChI=1S/C25H37NO4/c1-28-23-8-20-3-4-26(13-21(20)9-24(23)29-2)14-22(27)15-30-16-25-10-17-5-18(11-25)7-19(6-17)12-25/h8-9,17-19,22,27H,3-7,10-16H2,1-2H3. The zero-order valence-electron chi connectivity index (χ0n) is 18.6. The van der Waals surface area contributed by atoms with Crippen molar-refractivity contribution in [3.05, 3.63) is 23.3 Å². The zero-order valence-corrected chi connectivity index (χ0v) is 18.6. The number of fused-ring (bicyclic) bond motifs is 1. The summed E-state index contributed by atoms with van der Waals surface area (Å²) in [6, 6.07) is 4.17. The summed E-state index contributed by atoms with van der Waals surface area (Å²) in [5.41, 5.74) is 3.01. The van der Waals surface area contributed by atoms with E-state index >= 15 is 0 Å². The van der Waals surface area contributed by atoms with Crippen LogP contribution in [0.25, 0.3) is 0 Å². The van der Waals surface area contributed by atoms with Gasteiger partial charge in [0.1, 0.15) is 0 Å². The maximum Gasteiger partial charge on any atom is 0.161 e. The second kappa shape index (κ2) is 8.33. The van der Waals surface area contributed by atoms with Gasteiger partial charge in [-0.1, -0.05) is 0 Å². The first-order valence-electron chi connectivity index (χ1n) is 11.8. The number of β-amino-alcohol motifs (C(OH)–C–C–N with tert-alkyl or cyclic N) is 1. The fourth-order valence-corrected chi connectivity index (χ4v) is 7.33. The lowest BCUT2D eigenvalue weighted by Crippen LogP contribution is -2.48. The van der Waals surface area contributed by atoms with E-state index in [4.69, 9.17) is 14.2 Å². The Labute approximate surface area is 180 Å². The van der Waals surface area contributed by atoms with E-state index in [-0.39, 0.29) is 0 Å². The molecule has 1 N–H and O–H groups in total. The Morgan fingerprint density at radius 2 is 1.60 bits per heavy atom. The number of hydrogen-bond acceptors (Lipinski definition) is 5. The molecule has 166 valence electrons. The molecule has 5 nitrogen and oxygen atoms in total. The van der Waals surface area contributed by atoms with Crippen molar-refractivity contribution in [2.45, 2.75) is 57.6 Å². The Bertz CT molecular complexity index is 728. The minimum atomic E-state index is -0.430. The van der Waals surface area contributed by atoms with Gasteiger partial charge in [-0.25, -0.2) is 0 Å². The third-order valence-corrected chi connectivity index (χ3v) is 8.15. The van der Waals surface area contributed by atoms with Crippen LogP contribution in [0.5, 0.6) is 11.5 Å². The predicted molar refractivity (Wildman–Crippen MR) is 116 cm³/mol. The van der Waals surface area contributed by atoms with Gasteiger partial charge in [0.2, 0.25) is 0 Å². The molecular weight excluding hydrogens is 378 g/mol. The molecule has 4 fully saturated rings. The normalized spacial score (nSPS) is 33.4. The van der Waals surface area contributed by atoms with Gasteiger partial charge in [-0.3, -0.25) is 4.90 Å². The average Bonchev–Trinajstić information content (AvgIpc) is 2.71. The monoisotopic (exact) mass is 415 g/mol. The van der Waals surface area contributed by atoms with E-state index in [0.717, 1.165) is 55.4 Å². The lowest BCUT2D eigenvalue weighted by Gasteiger charge is -2.56. The molecule has 1 aromatic rings. The Hall–Kier alpha value is -1.30. The first-order valence-corrected chi connectivity index (χ1v) is 11.8. The molecule has 6 rings (SSSR count). The molecule has 0 saturated heterocycles. The van der Waals surface area contributed by atoms with E-state index in [1.807, 2.05) is 0 Å². The van der Waals surface area contributed by atoms with Crippen molar-refractivity contribution >= 4 is 0 Å². The minimum Gasteiger partial charge on any atom is -0.493 e. The topological polar surface area (TPSA) is 51.2 Å². The number of aliphatic hydroxyl groups is 1. The van der Waals surface area contributed by atoms with Crippen LogP contribution in [0, 0.1) is 23.2 Å². The third-order valence-electron chi connectivity index (χ3n) is 8.15. The van der Waals surface area contributed by atoms with Crippen molar-refractivity contribution in [2.24, 2.45) is 23.2 Å². The van der Waals surface area contributed by atoms with Gasteiger partial charge in [0.25, 0.3) is 0 Å². The smallest absolute Gasteiger partial charge is 0.161 e. The second-order valence-electron chi connectivity index (χ2n) is 10.5. The maximum atomic E-state index is 10.6. The molecule has 1 heterocycles. The highest BCUT2D eigenvalue weighted by atomic mass is 16.5. The Kier molecular flexibility index (Phi) is 5.72. The van der Waals surface area contributed by atoms with Crippen LogP contribution in [0.1, 0.15) is 49.7 Å². The van der Waals surface area contributed by atoms with Crippen molar-refractivity contribution < 1.29 is 19.3 Å². The Morgan fingerprint density at radius 3 is 2.20 bits per heavy atom. The SMILES string of the molecule is COc1cc2c(cc1OC)CN(CC(O)COCC13CC4CC(CC(C4)C1)C3)CC2. The summed E-state index contributed by atoms with van der Waals surface area (Å²) in [4.78, 5) is 2.33. The number of nitrogens with zero attached hydrogens (tertiary/aromatic N) is 1. The molecule has 30 heavy (non-hydrogen) atoms. The number of ether oxygens (including phenoxy) is 3. The van der Waals surface area contributed by atoms with E-state index in [1.165, 1.54) is 49.7 Å². The highest BCUT2D eigenvalue weighted by Gasteiger charge is 2.50. The van der Waals surface area contributed by atoms with Gasteiger partial charge in [-0.05, 0) is 91.4 Å². The van der Waals surface area contributed by atoms with Gasteiger partial charge < -0.3 is 19.3 Å². The van der Waals surface area contributed by atoms with Crippen molar-refractivity contribution in [3.8, 4) is 11.5 Å². The third kappa shape index (κ3) is 4.09. The zero-order chi connectivity index (χ0) is 20.7.